The second-order valence-electron chi connectivity index (χ2n) is 4.34. The molecule has 0 aromatic heterocycles. The lowest BCUT2D eigenvalue weighted by atomic mass is 10.1. The van der Waals surface area contributed by atoms with Gasteiger partial charge in [0.2, 0.25) is 0 Å². The monoisotopic (exact) mass is 290 g/mol. The van der Waals surface area contributed by atoms with E-state index in [1.165, 1.54) is 6.26 Å². The second-order valence-corrected chi connectivity index (χ2v) is 7.00. The summed E-state index contributed by atoms with van der Waals surface area (Å²) < 4.78 is 22.4. The maximum atomic E-state index is 11.2. The number of anilines is 1. The number of hydrogen-bond acceptors (Lipinski definition) is 4. The highest BCUT2D eigenvalue weighted by molar-refractivity contribution is 7.90. The number of rotatable bonds is 6. The minimum Gasteiger partial charge on any atom is -0.372 e. The number of sulfone groups is 1. The topological polar surface area (TPSA) is 63.4 Å². The Balaban J connectivity index is 2.93. The summed E-state index contributed by atoms with van der Waals surface area (Å²) in [5.41, 5.74) is 7.48. The maximum Gasteiger partial charge on any atom is 0.149 e. The Labute approximate surface area is 114 Å². The third-order valence-corrected chi connectivity index (χ3v) is 3.89. The highest BCUT2D eigenvalue weighted by Gasteiger charge is 2.13. The number of hydrogen-bond donors (Lipinski definition) is 1. The number of nitrogens with zero attached hydrogens (tertiary/aromatic N) is 1. The summed E-state index contributed by atoms with van der Waals surface area (Å²) in [6.45, 7) is 0.952. The van der Waals surface area contributed by atoms with Crippen LogP contribution in [0.25, 0.3) is 0 Å². The van der Waals surface area contributed by atoms with E-state index in [0.717, 1.165) is 17.7 Å². The van der Waals surface area contributed by atoms with Crippen LogP contribution in [0.5, 0.6) is 0 Å². The van der Waals surface area contributed by atoms with Crippen molar-refractivity contribution in [1.82, 2.24) is 0 Å². The zero-order valence-electron chi connectivity index (χ0n) is 10.7. The molecule has 0 amide bonds. The molecular formula is C12H19ClN2O2S. The van der Waals surface area contributed by atoms with Crippen molar-refractivity contribution in [1.29, 1.82) is 0 Å². The van der Waals surface area contributed by atoms with Crippen LogP contribution in [0.15, 0.2) is 18.2 Å². The first-order chi connectivity index (χ1) is 8.35. The van der Waals surface area contributed by atoms with E-state index in [9.17, 15) is 8.42 Å². The maximum absolute atomic E-state index is 11.2. The smallest absolute Gasteiger partial charge is 0.149 e. The predicted octanol–water partition coefficient (Wildman–Crippen LogP) is 1.32. The van der Waals surface area contributed by atoms with Crippen molar-refractivity contribution in [2.24, 2.45) is 5.73 Å². The van der Waals surface area contributed by atoms with Gasteiger partial charge in [0, 0.05) is 19.8 Å². The molecule has 0 atom stereocenters. The Hall–Kier alpha value is -0.780. The minimum absolute atomic E-state index is 0.108. The molecule has 0 aliphatic heterocycles. The largest absolute Gasteiger partial charge is 0.372 e. The molecule has 2 N–H and O–H groups in total. The Morgan fingerprint density at radius 2 is 2.06 bits per heavy atom. The first-order valence-electron chi connectivity index (χ1n) is 5.71. The highest BCUT2D eigenvalue weighted by Crippen LogP contribution is 2.29. The van der Waals surface area contributed by atoms with Crippen LogP contribution in [-0.4, -0.2) is 40.6 Å². The van der Waals surface area contributed by atoms with E-state index in [4.69, 9.17) is 17.3 Å². The summed E-state index contributed by atoms with van der Waals surface area (Å²) in [6, 6.07) is 5.64. The lowest BCUT2D eigenvalue weighted by Gasteiger charge is -2.23. The van der Waals surface area contributed by atoms with Crippen molar-refractivity contribution in [3.8, 4) is 0 Å². The molecule has 0 heterocycles. The number of benzene rings is 1. The van der Waals surface area contributed by atoms with E-state index in [1.807, 2.05) is 24.1 Å². The fraction of sp³-hybridized carbons (Fsp3) is 0.500. The van der Waals surface area contributed by atoms with Gasteiger partial charge in [-0.05, 0) is 24.6 Å². The van der Waals surface area contributed by atoms with E-state index in [0.29, 0.717) is 18.1 Å². The average molecular weight is 291 g/mol. The van der Waals surface area contributed by atoms with Crippen molar-refractivity contribution >= 4 is 27.1 Å². The lowest BCUT2D eigenvalue weighted by molar-refractivity contribution is 0.601. The quantitative estimate of drug-likeness (QED) is 0.858. The van der Waals surface area contributed by atoms with Crippen LogP contribution < -0.4 is 10.6 Å². The van der Waals surface area contributed by atoms with E-state index < -0.39 is 9.84 Å². The van der Waals surface area contributed by atoms with E-state index in [1.54, 1.807) is 6.07 Å². The molecule has 6 heteroatoms. The molecule has 0 radical (unpaired) electrons. The molecule has 0 unspecified atom stereocenters. The molecule has 1 aromatic carbocycles. The molecule has 0 saturated carbocycles. The van der Waals surface area contributed by atoms with E-state index >= 15 is 0 Å². The van der Waals surface area contributed by atoms with E-state index in [2.05, 4.69) is 0 Å². The van der Waals surface area contributed by atoms with Gasteiger partial charge >= 0.3 is 0 Å². The van der Waals surface area contributed by atoms with Gasteiger partial charge < -0.3 is 10.6 Å². The number of para-hydroxylation sites is 1. The first kappa shape index (κ1) is 15.3. The van der Waals surface area contributed by atoms with Gasteiger partial charge in [0.05, 0.1) is 16.5 Å². The first-order valence-corrected chi connectivity index (χ1v) is 8.15. The van der Waals surface area contributed by atoms with Gasteiger partial charge in [-0.25, -0.2) is 8.42 Å². The van der Waals surface area contributed by atoms with Gasteiger partial charge in [0.25, 0.3) is 0 Å². The zero-order valence-corrected chi connectivity index (χ0v) is 12.3. The van der Waals surface area contributed by atoms with E-state index in [-0.39, 0.29) is 5.75 Å². The Bertz CT molecular complexity index is 503. The molecule has 0 saturated heterocycles. The summed E-state index contributed by atoms with van der Waals surface area (Å²) in [5.74, 6) is 0.108. The summed E-state index contributed by atoms with van der Waals surface area (Å²) in [4.78, 5) is 1.87. The minimum atomic E-state index is -2.97. The molecule has 18 heavy (non-hydrogen) atoms. The predicted molar refractivity (Wildman–Crippen MR) is 77.2 cm³/mol. The van der Waals surface area contributed by atoms with Crippen LogP contribution in [0.1, 0.15) is 5.56 Å². The summed E-state index contributed by atoms with van der Waals surface area (Å²) >= 11 is 6.18. The van der Waals surface area contributed by atoms with Gasteiger partial charge in [-0.1, -0.05) is 23.7 Å². The van der Waals surface area contributed by atoms with Crippen LogP contribution >= 0.6 is 11.6 Å². The molecule has 4 nitrogen and oxygen atoms in total. The molecular weight excluding hydrogens is 272 g/mol. The third kappa shape index (κ3) is 4.48. The van der Waals surface area contributed by atoms with Gasteiger partial charge in [0.15, 0.2) is 0 Å². The van der Waals surface area contributed by atoms with Gasteiger partial charge in [-0.2, -0.15) is 0 Å². The van der Waals surface area contributed by atoms with Crippen molar-refractivity contribution < 1.29 is 8.42 Å². The fourth-order valence-electron chi connectivity index (χ4n) is 1.76. The third-order valence-electron chi connectivity index (χ3n) is 2.66. The Kier molecular flexibility index (Phi) is 5.44. The van der Waals surface area contributed by atoms with Crippen LogP contribution in [0.3, 0.4) is 0 Å². The molecule has 1 aromatic rings. The standard InChI is InChI=1S/C12H19ClN2O2S/c1-15(8-9-18(2,16)17)12-10(6-7-14)4-3-5-11(12)13/h3-5H,6-9,14H2,1-2H3. The molecule has 0 aliphatic rings. The van der Waals surface area contributed by atoms with Crippen molar-refractivity contribution in [2.45, 2.75) is 6.42 Å². The summed E-state index contributed by atoms with van der Waals surface area (Å²) in [5, 5.41) is 0.622. The molecule has 0 fully saturated rings. The SMILES string of the molecule is CN(CCS(C)(=O)=O)c1c(Cl)cccc1CCN. The number of nitrogens with two attached hydrogens (primary N) is 1. The van der Waals surface area contributed by atoms with Crippen LogP contribution in [-0.2, 0) is 16.3 Å². The van der Waals surface area contributed by atoms with Crippen molar-refractivity contribution in [3.05, 3.63) is 28.8 Å². The van der Waals surface area contributed by atoms with Crippen LogP contribution in [0, 0.1) is 0 Å². The van der Waals surface area contributed by atoms with Crippen molar-refractivity contribution in [2.75, 3.05) is 37.0 Å². The molecule has 102 valence electrons. The summed E-state index contributed by atoms with van der Waals surface area (Å²) in [7, 11) is -1.13. The van der Waals surface area contributed by atoms with Crippen LogP contribution in [0.4, 0.5) is 5.69 Å². The molecule has 0 bridgehead atoms. The highest BCUT2D eigenvalue weighted by atomic mass is 35.5. The second kappa shape index (κ2) is 6.41. The van der Waals surface area contributed by atoms with Gasteiger partial charge in [0.1, 0.15) is 9.84 Å². The Morgan fingerprint density at radius 1 is 1.39 bits per heavy atom. The molecule has 1 rings (SSSR count). The lowest BCUT2D eigenvalue weighted by Crippen LogP contribution is -2.26. The molecule has 0 spiro atoms. The normalized spacial score (nSPS) is 11.6. The number of halogens is 1. The Morgan fingerprint density at radius 3 is 2.61 bits per heavy atom. The van der Waals surface area contributed by atoms with Crippen LogP contribution in [0.2, 0.25) is 5.02 Å². The summed E-state index contributed by atoms with van der Waals surface area (Å²) in [6.07, 6.45) is 1.95. The average Bonchev–Trinajstić information content (AvgIpc) is 2.26. The zero-order chi connectivity index (χ0) is 13.8. The van der Waals surface area contributed by atoms with Crippen molar-refractivity contribution in [3.63, 3.8) is 0 Å². The van der Waals surface area contributed by atoms with Gasteiger partial charge in [-0.15, -0.1) is 0 Å². The molecule has 0 aliphatic carbocycles. The fourth-order valence-corrected chi connectivity index (χ4v) is 2.70. The van der Waals surface area contributed by atoms with Gasteiger partial charge in [-0.3, -0.25) is 0 Å².